The van der Waals surface area contributed by atoms with E-state index >= 15 is 0 Å². The van der Waals surface area contributed by atoms with Crippen LogP contribution >= 0.6 is 11.6 Å². The van der Waals surface area contributed by atoms with Crippen molar-refractivity contribution >= 4 is 17.4 Å². The predicted octanol–water partition coefficient (Wildman–Crippen LogP) is 2.29. The van der Waals surface area contributed by atoms with Gasteiger partial charge in [0, 0.05) is 17.8 Å². The van der Waals surface area contributed by atoms with Crippen LogP contribution in [0, 0.1) is 5.41 Å². The van der Waals surface area contributed by atoms with E-state index in [-0.39, 0.29) is 17.6 Å². The quantitative estimate of drug-likeness (QED) is 0.756. The third kappa shape index (κ3) is 3.07. The molecule has 0 aliphatic carbocycles. The molecule has 0 radical (unpaired) electrons. The van der Waals surface area contributed by atoms with Gasteiger partial charge in [0.05, 0.1) is 11.4 Å². The van der Waals surface area contributed by atoms with Crippen LogP contribution < -0.4 is 0 Å². The molecule has 0 spiro atoms. The summed E-state index contributed by atoms with van der Waals surface area (Å²) in [5, 5.41) is 0.483. The van der Waals surface area contributed by atoms with Crippen LogP contribution in [0.2, 0.25) is 5.02 Å². The summed E-state index contributed by atoms with van der Waals surface area (Å²) >= 11 is 5.63. The van der Waals surface area contributed by atoms with Crippen LogP contribution in [0.1, 0.15) is 26.6 Å². The van der Waals surface area contributed by atoms with Crippen molar-refractivity contribution in [3.63, 3.8) is 0 Å². The minimum absolute atomic E-state index is 0.125. The Hall–Kier alpha value is -0.960. The van der Waals surface area contributed by atoms with Crippen LogP contribution in [-0.4, -0.2) is 15.8 Å². The van der Waals surface area contributed by atoms with E-state index in [1.165, 1.54) is 12.4 Å². The fourth-order valence-electron chi connectivity index (χ4n) is 0.839. The second kappa shape index (κ2) is 4.05. The lowest BCUT2D eigenvalue weighted by atomic mass is 9.89. The monoisotopic (exact) mass is 212 g/mol. The molecule has 1 aromatic rings. The van der Waals surface area contributed by atoms with Gasteiger partial charge in [-0.3, -0.25) is 4.79 Å². The first kappa shape index (κ1) is 11.1. The van der Waals surface area contributed by atoms with Gasteiger partial charge >= 0.3 is 0 Å². The van der Waals surface area contributed by atoms with Crippen LogP contribution in [0.4, 0.5) is 0 Å². The molecule has 0 saturated carbocycles. The van der Waals surface area contributed by atoms with Gasteiger partial charge in [-0.25, -0.2) is 9.97 Å². The molecule has 0 atom stereocenters. The highest BCUT2D eigenvalue weighted by molar-refractivity contribution is 6.30. The van der Waals surface area contributed by atoms with E-state index < -0.39 is 0 Å². The summed E-state index contributed by atoms with van der Waals surface area (Å²) in [6.45, 7) is 5.64. The Balaban J connectivity index is 2.71. The summed E-state index contributed by atoms with van der Waals surface area (Å²) in [5.74, 6) is 0.647. The number of halogens is 1. The van der Waals surface area contributed by atoms with Crippen molar-refractivity contribution in [3.8, 4) is 0 Å². The molecule has 1 heterocycles. The molecular formula is C10H13ClN2O. The molecule has 0 bridgehead atoms. The first-order chi connectivity index (χ1) is 6.39. The second-order valence-corrected chi connectivity index (χ2v) is 4.60. The van der Waals surface area contributed by atoms with E-state index in [0.29, 0.717) is 10.8 Å². The van der Waals surface area contributed by atoms with Gasteiger partial charge in [-0.1, -0.05) is 32.4 Å². The first-order valence-corrected chi connectivity index (χ1v) is 4.77. The Morgan fingerprint density at radius 3 is 2.29 bits per heavy atom. The molecule has 4 heteroatoms. The number of rotatable bonds is 2. The van der Waals surface area contributed by atoms with Crippen molar-refractivity contribution in [2.24, 2.45) is 5.41 Å². The van der Waals surface area contributed by atoms with E-state index in [2.05, 4.69) is 9.97 Å². The fraction of sp³-hybridized carbons (Fsp3) is 0.500. The van der Waals surface area contributed by atoms with Crippen LogP contribution in [0.5, 0.6) is 0 Å². The molecule has 0 aliphatic heterocycles. The van der Waals surface area contributed by atoms with Crippen LogP contribution in [0.3, 0.4) is 0 Å². The highest BCUT2D eigenvalue weighted by Gasteiger charge is 2.21. The predicted molar refractivity (Wildman–Crippen MR) is 55.2 cm³/mol. The molecule has 0 N–H and O–H groups in total. The Labute approximate surface area is 88.5 Å². The minimum atomic E-state index is -0.344. The van der Waals surface area contributed by atoms with E-state index in [1.54, 1.807) is 0 Å². The lowest BCUT2D eigenvalue weighted by Crippen LogP contribution is -2.22. The van der Waals surface area contributed by atoms with Crippen molar-refractivity contribution in [1.82, 2.24) is 9.97 Å². The zero-order valence-corrected chi connectivity index (χ0v) is 9.30. The van der Waals surface area contributed by atoms with Gasteiger partial charge < -0.3 is 0 Å². The Kier molecular flexibility index (Phi) is 3.21. The molecule has 1 rings (SSSR count). The summed E-state index contributed by atoms with van der Waals surface area (Å²) in [6, 6.07) is 0. The lowest BCUT2D eigenvalue weighted by molar-refractivity contribution is -0.125. The molecule has 0 fully saturated rings. The van der Waals surface area contributed by atoms with Gasteiger partial charge in [0.25, 0.3) is 0 Å². The fourth-order valence-corrected chi connectivity index (χ4v) is 0.937. The number of hydrogen-bond acceptors (Lipinski definition) is 3. The molecular weight excluding hydrogens is 200 g/mol. The third-order valence-corrected chi connectivity index (χ3v) is 2.02. The van der Waals surface area contributed by atoms with Gasteiger partial charge in [0.1, 0.15) is 11.6 Å². The number of hydrogen-bond donors (Lipinski definition) is 0. The van der Waals surface area contributed by atoms with Gasteiger partial charge in [0.15, 0.2) is 0 Å². The molecule has 0 saturated heterocycles. The topological polar surface area (TPSA) is 42.9 Å². The average molecular weight is 213 g/mol. The first-order valence-electron chi connectivity index (χ1n) is 4.39. The highest BCUT2D eigenvalue weighted by atomic mass is 35.5. The van der Waals surface area contributed by atoms with Crippen molar-refractivity contribution in [3.05, 3.63) is 23.2 Å². The molecule has 0 amide bonds. The normalized spacial score (nSPS) is 11.4. The highest BCUT2D eigenvalue weighted by Crippen LogP contribution is 2.16. The van der Waals surface area contributed by atoms with Crippen molar-refractivity contribution in [1.29, 1.82) is 0 Å². The Bertz CT molecular complexity index is 327. The second-order valence-electron chi connectivity index (χ2n) is 4.17. The zero-order valence-electron chi connectivity index (χ0n) is 8.54. The van der Waals surface area contributed by atoms with Crippen LogP contribution in [0.25, 0.3) is 0 Å². The largest absolute Gasteiger partial charge is 0.299 e. The minimum Gasteiger partial charge on any atom is -0.299 e. The zero-order chi connectivity index (χ0) is 10.8. The van der Waals surface area contributed by atoms with Crippen molar-refractivity contribution < 1.29 is 4.79 Å². The van der Waals surface area contributed by atoms with E-state index in [4.69, 9.17) is 11.6 Å². The lowest BCUT2D eigenvalue weighted by Gasteiger charge is -2.15. The standard InChI is InChI=1S/C10H13ClN2O/c1-10(2,3)8(14)4-9-12-5-7(11)6-13-9/h5-6H,4H2,1-3H3. The molecule has 76 valence electrons. The maximum atomic E-state index is 11.6. The molecule has 1 aromatic heterocycles. The molecule has 14 heavy (non-hydrogen) atoms. The smallest absolute Gasteiger partial charge is 0.145 e. The molecule has 0 aliphatic rings. The third-order valence-electron chi connectivity index (χ3n) is 1.83. The summed E-state index contributed by atoms with van der Waals surface area (Å²) in [4.78, 5) is 19.5. The average Bonchev–Trinajstić information content (AvgIpc) is 2.07. The number of carbonyl (C=O) groups is 1. The Morgan fingerprint density at radius 1 is 1.36 bits per heavy atom. The van der Waals surface area contributed by atoms with Gasteiger partial charge in [-0.15, -0.1) is 0 Å². The number of Topliss-reactive ketones (excluding diaryl/α,β-unsaturated/α-hetero) is 1. The van der Waals surface area contributed by atoms with Crippen molar-refractivity contribution in [2.45, 2.75) is 27.2 Å². The van der Waals surface area contributed by atoms with E-state index in [0.717, 1.165) is 0 Å². The Morgan fingerprint density at radius 2 is 1.86 bits per heavy atom. The van der Waals surface area contributed by atoms with Gasteiger partial charge in [-0.05, 0) is 0 Å². The van der Waals surface area contributed by atoms with Crippen molar-refractivity contribution in [2.75, 3.05) is 0 Å². The van der Waals surface area contributed by atoms with Gasteiger partial charge in [0.2, 0.25) is 0 Å². The maximum absolute atomic E-state index is 11.6. The number of carbonyl (C=O) groups excluding carboxylic acids is 1. The van der Waals surface area contributed by atoms with Crippen LogP contribution in [0.15, 0.2) is 12.4 Å². The van der Waals surface area contributed by atoms with E-state index in [9.17, 15) is 4.79 Å². The molecule has 0 aromatic carbocycles. The number of nitrogens with zero attached hydrogens (tertiary/aromatic N) is 2. The summed E-state index contributed by atoms with van der Waals surface area (Å²) in [7, 11) is 0. The van der Waals surface area contributed by atoms with E-state index in [1.807, 2.05) is 20.8 Å². The summed E-state index contributed by atoms with van der Waals surface area (Å²) in [6.07, 6.45) is 3.26. The molecule has 0 unspecified atom stereocenters. The number of ketones is 1. The number of aromatic nitrogens is 2. The summed E-state index contributed by atoms with van der Waals surface area (Å²) < 4.78 is 0. The van der Waals surface area contributed by atoms with Gasteiger partial charge in [-0.2, -0.15) is 0 Å². The molecule has 3 nitrogen and oxygen atoms in total. The van der Waals surface area contributed by atoms with Crippen LogP contribution in [-0.2, 0) is 11.2 Å². The maximum Gasteiger partial charge on any atom is 0.145 e. The summed E-state index contributed by atoms with van der Waals surface area (Å²) in [5.41, 5.74) is -0.344. The SMILES string of the molecule is CC(C)(C)C(=O)Cc1ncc(Cl)cn1.